The fourth-order valence-corrected chi connectivity index (χ4v) is 1.40. The summed E-state index contributed by atoms with van der Waals surface area (Å²) in [7, 11) is 1.67. The molecule has 14 heavy (non-hydrogen) atoms. The first-order chi connectivity index (χ1) is 6.75. The van der Waals surface area contributed by atoms with Crippen LogP contribution in [-0.4, -0.2) is 23.8 Å². The molecule has 0 saturated heterocycles. The van der Waals surface area contributed by atoms with Gasteiger partial charge in [0.1, 0.15) is 0 Å². The highest BCUT2D eigenvalue weighted by molar-refractivity contribution is 5.19. The van der Waals surface area contributed by atoms with Crippen molar-refractivity contribution in [2.24, 2.45) is 0 Å². The molecule has 0 saturated carbocycles. The lowest BCUT2D eigenvalue weighted by Crippen LogP contribution is -2.04. The van der Waals surface area contributed by atoms with Gasteiger partial charge in [-0.2, -0.15) is 0 Å². The number of hydrogen-bond acceptors (Lipinski definition) is 3. The number of methoxy groups -OCH3 is 1. The lowest BCUT2D eigenvalue weighted by atomic mass is 10.1. The predicted molar refractivity (Wildman–Crippen MR) is 55.0 cm³/mol. The van der Waals surface area contributed by atoms with Gasteiger partial charge < -0.3 is 9.84 Å². The Bertz CT molecular complexity index is 276. The fraction of sp³-hybridized carbons (Fsp3) is 0.545. The first-order valence-corrected chi connectivity index (χ1v) is 4.84. The second-order valence-corrected chi connectivity index (χ2v) is 3.36. The minimum Gasteiger partial charge on any atom is -0.387 e. The summed E-state index contributed by atoms with van der Waals surface area (Å²) in [6, 6.07) is 3.84. The SMILES string of the molecule is COCCCC(O)c1ncccc1C. The summed E-state index contributed by atoms with van der Waals surface area (Å²) >= 11 is 0. The van der Waals surface area contributed by atoms with Crippen LogP contribution < -0.4 is 0 Å². The number of pyridine rings is 1. The summed E-state index contributed by atoms with van der Waals surface area (Å²) in [4.78, 5) is 4.17. The molecule has 1 aromatic heterocycles. The number of rotatable bonds is 5. The molecular formula is C11H17NO2. The van der Waals surface area contributed by atoms with E-state index < -0.39 is 6.10 Å². The smallest absolute Gasteiger partial charge is 0.0963 e. The number of aliphatic hydroxyl groups is 1. The monoisotopic (exact) mass is 195 g/mol. The summed E-state index contributed by atoms with van der Waals surface area (Å²) in [6.07, 6.45) is 2.80. The molecule has 0 bridgehead atoms. The molecule has 1 aromatic rings. The van der Waals surface area contributed by atoms with Crippen molar-refractivity contribution < 1.29 is 9.84 Å². The second kappa shape index (κ2) is 5.73. The first kappa shape index (κ1) is 11.1. The Morgan fingerprint density at radius 2 is 2.36 bits per heavy atom. The Balaban J connectivity index is 2.51. The lowest BCUT2D eigenvalue weighted by molar-refractivity contribution is 0.133. The van der Waals surface area contributed by atoms with Gasteiger partial charge in [-0.15, -0.1) is 0 Å². The van der Waals surface area contributed by atoms with Crippen molar-refractivity contribution >= 4 is 0 Å². The van der Waals surface area contributed by atoms with Crippen molar-refractivity contribution in [2.75, 3.05) is 13.7 Å². The van der Waals surface area contributed by atoms with E-state index in [1.165, 1.54) is 0 Å². The molecule has 1 atom stereocenters. The van der Waals surface area contributed by atoms with Crippen molar-refractivity contribution in [3.8, 4) is 0 Å². The van der Waals surface area contributed by atoms with Crippen molar-refractivity contribution in [1.29, 1.82) is 0 Å². The normalized spacial score (nSPS) is 12.8. The quantitative estimate of drug-likeness (QED) is 0.729. The van der Waals surface area contributed by atoms with Gasteiger partial charge in [0.25, 0.3) is 0 Å². The third kappa shape index (κ3) is 3.09. The molecule has 1 heterocycles. The molecular weight excluding hydrogens is 178 g/mol. The van der Waals surface area contributed by atoms with E-state index in [0.29, 0.717) is 13.0 Å². The summed E-state index contributed by atoms with van der Waals surface area (Å²) in [6.45, 7) is 2.64. The highest BCUT2D eigenvalue weighted by Crippen LogP contribution is 2.18. The summed E-state index contributed by atoms with van der Waals surface area (Å²) < 4.78 is 4.93. The van der Waals surface area contributed by atoms with Crippen LogP contribution in [0.15, 0.2) is 18.3 Å². The van der Waals surface area contributed by atoms with Crippen LogP contribution in [0, 0.1) is 6.92 Å². The fourth-order valence-electron chi connectivity index (χ4n) is 1.40. The van der Waals surface area contributed by atoms with Crippen molar-refractivity contribution in [2.45, 2.75) is 25.9 Å². The van der Waals surface area contributed by atoms with Gasteiger partial charge in [-0.3, -0.25) is 4.98 Å². The molecule has 0 fully saturated rings. The zero-order valence-electron chi connectivity index (χ0n) is 8.73. The second-order valence-electron chi connectivity index (χ2n) is 3.36. The topological polar surface area (TPSA) is 42.4 Å². The molecule has 1 unspecified atom stereocenters. The Kier molecular flexibility index (Phi) is 4.56. The molecule has 0 spiro atoms. The lowest BCUT2D eigenvalue weighted by Gasteiger charge is -2.11. The molecule has 3 heteroatoms. The zero-order valence-corrected chi connectivity index (χ0v) is 8.73. The Morgan fingerprint density at radius 3 is 3.00 bits per heavy atom. The van der Waals surface area contributed by atoms with Gasteiger partial charge in [0.05, 0.1) is 11.8 Å². The molecule has 0 aromatic carbocycles. The van der Waals surface area contributed by atoms with Gasteiger partial charge in [-0.1, -0.05) is 6.07 Å². The van der Waals surface area contributed by atoms with Crippen LogP contribution in [0.3, 0.4) is 0 Å². The largest absolute Gasteiger partial charge is 0.387 e. The molecule has 1 N–H and O–H groups in total. The van der Waals surface area contributed by atoms with E-state index in [2.05, 4.69) is 4.98 Å². The van der Waals surface area contributed by atoms with Gasteiger partial charge in [0, 0.05) is 19.9 Å². The van der Waals surface area contributed by atoms with E-state index in [9.17, 15) is 5.11 Å². The van der Waals surface area contributed by atoms with E-state index in [1.807, 2.05) is 19.1 Å². The molecule has 0 radical (unpaired) electrons. The average Bonchev–Trinajstić information content (AvgIpc) is 2.18. The number of hydrogen-bond donors (Lipinski definition) is 1. The standard InChI is InChI=1S/C11H17NO2/c1-9-5-3-7-12-11(9)10(13)6-4-8-14-2/h3,5,7,10,13H,4,6,8H2,1-2H3. The van der Waals surface area contributed by atoms with Crippen LogP contribution in [0.5, 0.6) is 0 Å². The maximum absolute atomic E-state index is 9.81. The van der Waals surface area contributed by atoms with Crippen molar-refractivity contribution in [3.05, 3.63) is 29.6 Å². The van der Waals surface area contributed by atoms with Crippen LogP contribution in [0.25, 0.3) is 0 Å². The Hall–Kier alpha value is -0.930. The molecule has 0 aliphatic carbocycles. The Labute approximate surface area is 84.7 Å². The van der Waals surface area contributed by atoms with Crippen molar-refractivity contribution in [3.63, 3.8) is 0 Å². The van der Waals surface area contributed by atoms with Crippen LogP contribution in [-0.2, 0) is 4.74 Å². The number of nitrogens with zero attached hydrogens (tertiary/aromatic N) is 1. The molecule has 3 nitrogen and oxygen atoms in total. The molecule has 0 aliphatic rings. The van der Waals surface area contributed by atoms with E-state index in [0.717, 1.165) is 17.7 Å². The average molecular weight is 195 g/mol. The van der Waals surface area contributed by atoms with Crippen molar-refractivity contribution in [1.82, 2.24) is 4.98 Å². The number of aliphatic hydroxyl groups excluding tert-OH is 1. The van der Waals surface area contributed by atoms with Gasteiger partial charge >= 0.3 is 0 Å². The Morgan fingerprint density at radius 1 is 1.57 bits per heavy atom. The van der Waals surface area contributed by atoms with E-state index >= 15 is 0 Å². The third-order valence-electron chi connectivity index (χ3n) is 2.19. The number of aryl methyl sites for hydroxylation is 1. The van der Waals surface area contributed by atoms with E-state index in [-0.39, 0.29) is 0 Å². The van der Waals surface area contributed by atoms with Crippen LogP contribution in [0.1, 0.15) is 30.2 Å². The third-order valence-corrected chi connectivity index (χ3v) is 2.19. The number of aromatic nitrogens is 1. The first-order valence-electron chi connectivity index (χ1n) is 4.84. The maximum atomic E-state index is 9.81. The predicted octanol–water partition coefficient (Wildman–Crippen LogP) is 1.85. The molecule has 78 valence electrons. The van der Waals surface area contributed by atoms with Gasteiger partial charge in [0.15, 0.2) is 0 Å². The molecule has 1 rings (SSSR count). The highest BCUT2D eigenvalue weighted by Gasteiger charge is 2.10. The van der Waals surface area contributed by atoms with Gasteiger partial charge in [0.2, 0.25) is 0 Å². The minimum absolute atomic E-state index is 0.466. The molecule has 0 aliphatic heterocycles. The minimum atomic E-state index is -0.466. The van der Waals surface area contributed by atoms with E-state index in [1.54, 1.807) is 13.3 Å². The summed E-state index contributed by atoms with van der Waals surface area (Å²) in [5.74, 6) is 0. The van der Waals surface area contributed by atoms with Crippen LogP contribution in [0.4, 0.5) is 0 Å². The highest BCUT2D eigenvalue weighted by atomic mass is 16.5. The summed E-state index contributed by atoms with van der Waals surface area (Å²) in [5.41, 5.74) is 1.82. The van der Waals surface area contributed by atoms with Gasteiger partial charge in [-0.05, 0) is 31.4 Å². The van der Waals surface area contributed by atoms with Crippen LogP contribution in [0.2, 0.25) is 0 Å². The molecule has 0 amide bonds. The maximum Gasteiger partial charge on any atom is 0.0963 e. The number of ether oxygens (including phenoxy) is 1. The van der Waals surface area contributed by atoms with Crippen LogP contribution >= 0.6 is 0 Å². The van der Waals surface area contributed by atoms with Gasteiger partial charge in [-0.25, -0.2) is 0 Å². The zero-order chi connectivity index (χ0) is 10.4. The summed E-state index contributed by atoms with van der Waals surface area (Å²) in [5, 5.41) is 9.81. The van der Waals surface area contributed by atoms with E-state index in [4.69, 9.17) is 4.74 Å².